The van der Waals surface area contributed by atoms with E-state index in [2.05, 4.69) is 34.5 Å². The maximum Gasteiger partial charge on any atom is 0.222 e. The van der Waals surface area contributed by atoms with E-state index in [-0.39, 0.29) is 12.4 Å². The van der Waals surface area contributed by atoms with Crippen LogP contribution in [-0.4, -0.2) is 36.0 Å². The molecule has 0 spiro atoms. The van der Waals surface area contributed by atoms with Crippen LogP contribution in [0.2, 0.25) is 0 Å². The van der Waals surface area contributed by atoms with Crippen LogP contribution >= 0.6 is 12.4 Å². The molecule has 126 valence electrons. The third-order valence-electron chi connectivity index (χ3n) is 5.79. The number of likely N-dealkylation sites (tertiary alicyclic amines) is 1. The molecule has 4 rings (SSSR count). The molecule has 1 aliphatic carbocycles. The van der Waals surface area contributed by atoms with Crippen LogP contribution in [0.5, 0.6) is 0 Å². The zero-order valence-electron chi connectivity index (χ0n) is 13.7. The zero-order valence-corrected chi connectivity index (χ0v) is 14.5. The summed E-state index contributed by atoms with van der Waals surface area (Å²) in [6.45, 7) is 1.88. The van der Waals surface area contributed by atoms with E-state index in [9.17, 15) is 4.79 Å². The first-order valence-corrected chi connectivity index (χ1v) is 8.88. The molecule has 0 saturated carbocycles. The summed E-state index contributed by atoms with van der Waals surface area (Å²) in [4.78, 5) is 14.8. The highest BCUT2D eigenvalue weighted by Gasteiger charge is 2.32. The molecule has 0 radical (unpaired) electrons. The van der Waals surface area contributed by atoms with Crippen molar-refractivity contribution >= 4 is 18.3 Å². The Kier molecular flexibility index (Phi) is 5.27. The van der Waals surface area contributed by atoms with Gasteiger partial charge in [0.15, 0.2) is 0 Å². The number of fused-ring (bicyclic) bond motifs is 3. The highest BCUT2D eigenvalue weighted by Crippen LogP contribution is 2.28. The number of halogens is 1. The molecule has 1 N–H and O–H groups in total. The van der Waals surface area contributed by atoms with Gasteiger partial charge >= 0.3 is 0 Å². The maximum atomic E-state index is 12.7. The summed E-state index contributed by atoms with van der Waals surface area (Å²) in [6, 6.07) is 9.93. The number of nitrogens with zero attached hydrogens (tertiary/aromatic N) is 1. The molecule has 4 heteroatoms. The van der Waals surface area contributed by atoms with E-state index in [1.54, 1.807) is 0 Å². The van der Waals surface area contributed by atoms with Crippen molar-refractivity contribution < 1.29 is 4.79 Å². The van der Waals surface area contributed by atoms with Gasteiger partial charge in [0.2, 0.25) is 5.91 Å². The number of hydrogen-bond donors (Lipinski definition) is 1. The van der Waals surface area contributed by atoms with Crippen molar-refractivity contribution in [3.8, 4) is 0 Å². The van der Waals surface area contributed by atoms with Gasteiger partial charge in [0.25, 0.3) is 0 Å². The van der Waals surface area contributed by atoms with Gasteiger partial charge < -0.3 is 10.2 Å². The van der Waals surface area contributed by atoms with Gasteiger partial charge in [-0.1, -0.05) is 24.3 Å². The molecule has 3 aliphatic rings. The van der Waals surface area contributed by atoms with Crippen molar-refractivity contribution in [1.82, 2.24) is 10.2 Å². The number of amides is 1. The average Bonchev–Trinajstić information content (AvgIpc) is 2.86. The van der Waals surface area contributed by atoms with Crippen LogP contribution in [0.15, 0.2) is 24.3 Å². The first-order valence-electron chi connectivity index (χ1n) is 8.88. The molecule has 2 aliphatic heterocycles. The summed E-state index contributed by atoms with van der Waals surface area (Å²) in [5, 5.41) is 3.66. The average molecular weight is 335 g/mol. The van der Waals surface area contributed by atoms with Gasteiger partial charge in [0.1, 0.15) is 0 Å². The van der Waals surface area contributed by atoms with E-state index in [1.165, 1.54) is 30.4 Å². The molecule has 1 amide bonds. The third kappa shape index (κ3) is 3.72. The Morgan fingerprint density at radius 1 is 1.09 bits per heavy atom. The molecule has 23 heavy (non-hydrogen) atoms. The summed E-state index contributed by atoms with van der Waals surface area (Å²) >= 11 is 0. The van der Waals surface area contributed by atoms with Gasteiger partial charge in [-0.2, -0.15) is 0 Å². The van der Waals surface area contributed by atoms with Crippen LogP contribution in [0.3, 0.4) is 0 Å². The third-order valence-corrected chi connectivity index (χ3v) is 5.79. The van der Waals surface area contributed by atoms with Crippen molar-refractivity contribution in [3.05, 3.63) is 35.4 Å². The largest absolute Gasteiger partial charge is 0.341 e. The Bertz CT molecular complexity index is 562. The number of nitrogens with one attached hydrogen (secondary N) is 1. The lowest BCUT2D eigenvalue weighted by molar-refractivity contribution is -0.132. The molecule has 0 aromatic heterocycles. The fourth-order valence-corrected chi connectivity index (χ4v) is 4.49. The molecule has 1 aromatic carbocycles. The number of hydrogen-bond acceptors (Lipinski definition) is 2. The van der Waals surface area contributed by atoms with Gasteiger partial charge in [0.05, 0.1) is 0 Å². The molecule has 3 atom stereocenters. The van der Waals surface area contributed by atoms with Crippen LogP contribution in [0, 0.1) is 5.92 Å². The Morgan fingerprint density at radius 3 is 2.74 bits per heavy atom. The molecule has 3 unspecified atom stereocenters. The summed E-state index contributed by atoms with van der Waals surface area (Å²) in [5.74, 6) is 0.925. The predicted octanol–water partition coefficient (Wildman–Crippen LogP) is 2.96. The Labute approximate surface area is 145 Å². The van der Waals surface area contributed by atoms with E-state index in [4.69, 9.17) is 0 Å². The van der Waals surface area contributed by atoms with Crippen molar-refractivity contribution in [3.63, 3.8) is 0 Å². The van der Waals surface area contributed by atoms with Crippen molar-refractivity contribution in [2.45, 2.75) is 57.0 Å². The fraction of sp³-hybridized carbons (Fsp3) is 0.632. The van der Waals surface area contributed by atoms with E-state index in [1.807, 2.05) is 0 Å². The van der Waals surface area contributed by atoms with Gasteiger partial charge in [-0.3, -0.25) is 4.79 Å². The summed E-state index contributed by atoms with van der Waals surface area (Å²) in [6.07, 6.45) is 7.81. The quantitative estimate of drug-likeness (QED) is 0.901. The SMILES string of the molecule is Cl.O=C(CC1CCc2ccccc2C1)N1CCC2CCC(C1)N2. The summed E-state index contributed by atoms with van der Waals surface area (Å²) < 4.78 is 0. The molecule has 2 fully saturated rings. The van der Waals surface area contributed by atoms with Crippen molar-refractivity contribution in [2.24, 2.45) is 5.92 Å². The molecule has 2 saturated heterocycles. The van der Waals surface area contributed by atoms with Gasteiger partial charge in [-0.05, 0) is 55.6 Å². The molecular formula is C19H27ClN2O. The number of rotatable bonds is 2. The fourth-order valence-electron chi connectivity index (χ4n) is 4.49. The van der Waals surface area contributed by atoms with Crippen LogP contribution < -0.4 is 5.32 Å². The number of carbonyl (C=O) groups is 1. The standard InChI is InChI=1S/C19H26N2O.ClH/c22-19(21-10-9-17-7-8-18(13-21)20-17)12-14-5-6-15-3-1-2-4-16(15)11-14;/h1-4,14,17-18,20H,5-13H2;1H. The maximum absolute atomic E-state index is 12.7. The van der Waals surface area contributed by atoms with Crippen molar-refractivity contribution in [2.75, 3.05) is 13.1 Å². The van der Waals surface area contributed by atoms with Crippen LogP contribution in [-0.2, 0) is 17.6 Å². The smallest absolute Gasteiger partial charge is 0.222 e. The van der Waals surface area contributed by atoms with Crippen LogP contribution in [0.25, 0.3) is 0 Å². The second-order valence-corrected chi connectivity index (χ2v) is 7.35. The lowest BCUT2D eigenvalue weighted by atomic mass is 9.82. The second-order valence-electron chi connectivity index (χ2n) is 7.35. The Morgan fingerprint density at radius 2 is 1.87 bits per heavy atom. The highest BCUT2D eigenvalue weighted by atomic mass is 35.5. The Hall–Kier alpha value is -1.06. The summed E-state index contributed by atoms with van der Waals surface area (Å²) in [5.41, 5.74) is 2.95. The topological polar surface area (TPSA) is 32.3 Å². The summed E-state index contributed by atoms with van der Waals surface area (Å²) in [7, 11) is 0. The number of carbonyl (C=O) groups excluding carboxylic acids is 1. The molecule has 2 bridgehead atoms. The normalized spacial score (nSPS) is 29.4. The van der Waals surface area contributed by atoms with E-state index in [0.29, 0.717) is 23.9 Å². The molecule has 1 aromatic rings. The Balaban J connectivity index is 0.00000156. The number of aryl methyl sites for hydroxylation is 1. The van der Waals surface area contributed by atoms with Crippen LogP contribution in [0.4, 0.5) is 0 Å². The van der Waals surface area contributed by atoms with E-state index < -0.39 is 0 Å². The monoisotopic (exact) mass is 334 g/mol. The molecule has 3 nitrogen and oxygen atoms in total. The van der Waals surface area contributed by atoms with E-state index >= 15 is 0 Å². The number of benzene rings is 1. The van der Waals surface area contributed by atoms with Gasteiger partial charge in [0, 0.05) is 31.6 Å². The van der Waals surface area contributed by atoms with Gasteiger partial charge in [-0.15, -0.1) is 12.4 Å². The minimum absolute atomic E-state index is 0. The lowest BCUT2D eigenvalue weighted by Crippen LogP contribution is -2.40. The van der Waals surface area contributed by atoms with Crippen molar-refractivity contribution in [1.29, 1.82) is 0 Å². The minimum Gasteiger partial charge on any atom is -0.341 e. The first kappa shape index (κ1) is 16.8. The van der Waals surface area contributed by atoms with E-state index in [0.717, 1.165) is 38.8 Å². The lowest BCUT2D eigenvalue weighted by Gasteiger charge is -2.29. The van der Waals surface area contributed by atoms with Crippen LogP contribution in [0.1, 0.15) is 43.2 Å². The minimum atomic E-state index is 0. The zero-order chi connectivity index (χ0) is 14.9. The first-order chi connectivity index (χ1) is 10.8. The molecular weight excluding hydrogens is 308 g/mol. The second kappa shape index (κ2) is 7.23. The molecule has 2 heterocycles. The predicted molar refractivity (Wildman–Crippen MR) is 95.0 cm³/mol. The highest BCUT2D eigenvalue weighted by molar-refractivity contribution is 5.85. The van der Waals surface area contributed by atoms with Gasteiger partial charge in [-0.25, -0.2) is 0 Å².